The molecule has 0 aromatic heterocycles. The Labute approximate surface area is 103 Å². The molecule has 4 heteroatoms. The topological polar surface area (TPSA) is 66.4 Å². The molecule has 0 radical (unpaired) electrons. The SMILES string of the molecule is CC(C)C(NC(=O)CC1(C)CCCC1)C(=O)O. The minimum Gasteiger partial charge on any atom is -0.480 e. The van der Waals surface area contributed by atoms with Crippen LogP contribution in [0.1, 0.15) is 52.9 Å². The molecular formula is C13H23NO3. The van der Waals surface area contributed by atoms with Crippen LogP contribution in [0.5, 0.6) is 0 Å². The molecule has 1 amide bonds. The van der Waals surface area contributed by atoms with E-state index < -0.39 is 12.0 Å². The van der Waals surface area contributed by atoms with E-state index in [-0.39, 0.29) is 17.2 Å². The van der Waals surface area contributed by atoms with Gasteiger partial charge in [0.05, 0.1) is 0 Å². The normalized spacial score (nSPS) is 20.2. The highest BCUT2D eigenvalue weighted by atomic mass is 16.4. The molecule has 0 bridgehead atoms. The molecule has 1 rings (SSSR count). The zero-order valence-electron chi connectivity index (χ0n) is 11.0. The summed E-state index contributed by atoms with van der Waals surface area (Å²) in [7, 11) is 0. The second-order valence-electron chi connectivity index (χ2n) is 5.82. The largest absolute Gasteiger partial charge is 0.480 e. The van der Waals surface area contributed by atoms with Gasteiger partial charge in [0.15, 0.2) is 0 Å². The van der Waals surface area contributed by atoms with Crippen LogP contribution in [0, 0.1) is 11.3 Å². The highest BCUT2D eigenvalue weighted by Crippen LogP contribution is 2.40. The van der Waals surface area contributed by atoms with Gasteiger partial charge in [0.25, 0.3) is 0 Å². The average molecular weight is 241 g/mol. The van der Waals surface area contributed by atoms with Gasteiger partial charge in [-0.1, -0.05) is 33.6 Å². The van der Waals surface area contributed by atoms with E-state index in [1.165, 1.54) is 12.8 Å². The van der Waals surface area contributed by atoms with Gasteiger partial charge in [-0.2, -0.15) is 0 Å². The fraction of sp³-hybridized carbons (Fsp3) is 0.846. The van der Waals surface area contributed by atoms with Crippen molar-refractivity contribution in [3.63, 3.8) is 0 Å². The molecule has 1 unspecified atom stereocenters. The average Bonchev–Trinajstić information content (AvgIpc) is 2.60. The lowest BCUT2D eigenvalue weighted by molar-refractivity contribution is -0.143. The minimum atomic E-state index is -0.954. The molecule has 0 spiro atoms. The smallest absolute Gasteiger partial charge is 0.326 e. The van der Waals surface area contributed by atoms with Gasteiger partial charge >= 0.3 is 5.97 Å². The van der Waals surface area contributed by atoms with Gasteiger partial charge in [0.2, 0.25) is 5.91 Å². The van der Waals surface area contributed by atoms with E-state index >= 15 is 0 Å². The molecule has 17 heavy (non-hydrogen) atoms. The molecule has 0 aromatic rings. The Hall–Kier alpha value is -1.06. The van der Waals surface area contributed by atoms with Crippen molar-refractivity contribution in [3.8, 4) is 0 Å². The first kappa shape index (κ1) is 14.0. The van der Waals surface area contributed by atoms with Crippen LogP contribution in [0.15, 0.2) is 0 Å². The maximum atomic E-state index is 11.8. The molecular weight excluding hydrogens is 218 g/mol. The molecule has 98 valence electrons. The number of amides is 1. The Bertz CT molecular complexity index is 293. The van der Waals surface area contributed by atoms with E-state index in [1.54, 1.807) is 13.8 Å². The Morgan fingerprint density at radius 2 is 1.82 bits per heavy atom. The zero-order valence-corrected chi connectivity index (χ0v) is 11.0. The third kappa shape index (κ3) is 4.02. The standard InChI is InChI=1S/C13H23NO3/c1-9(2)11(12(16)17)14-10(15)8-13(3)6-4-5-7-13/h9,11H,4-8H2,1-3H3,(H,14,15)(H,16,17). The van der Waals surface area contributed by atoms with Gasteiger partial charge in [0, 0.05) is 6.42 Å². The number of carboxylic acids is 1. The summed E-state index contributed by atoms with van der Waals surface area (Å²) in [6.07, 6.45) is 4.94. The van der Waals surface area contributed by atoms with Crippen molar-refractivity contribution in [3.05, 3.63) is 0 Å². The van der Waals surface area contributed by atoms with Crippen molar-refractivity contribution in [2.24, 2.45) is 11.3 Å². The van der Waals surface area contributed by atoms with Crippen molar-refractivity contribution >= 4 is 11.9 Å². The van der Waals surface area contributed by atoms with Gasteiger partial charge in [-0.05, 0) is 24.2 Å². The molecule has 1 atom stereocenters. The lowest BCUT2D eigenvalue weighted by Gasteiger charge is -2.25. The summed E-state index contributed by atoms with van der Waals surface area (Å²) in [5.74, 6) is -1.17. The number of rotatable bonds is 5. The molecule has 0 saturated heterocycles. The van der Waals surface area contributed by atoms with E-state index in [2.05, 4.69) is 12.2 Å². The summed E-state index contributed by atoms with van der Waals surface area (Å²) in [4.78, 5) is 22.8. The third-order valence-corrected chi connectivity index (χ3v) is 3.65. The van der Waals surface area contributed by atoms with Crippen LogP contribution in [0.2, 0.25) is 0 Å². The number of hydrogen-bond donors (Lipinski definition) is 2. The van der Waals surface area contributed by atoms with Crippen LogP contribution >= 0.6 is 0 Å². The van der Waals surface area contributed by atoms with Crippen LogP contribution in [0.3, 0.4) is 0 Å². The Balaban J connectivity index is 2.50. The number of aliphatic carboxylic acids is 1. The van der Waals surface area contributed by atoms with Gasteiger partial charge in [-0.15, -0.1) is 0 Å². The van der Waals surface area contributed by atoms with Crippen LogP contribution in [0.25, 0.3) is 0 Å². The summed E-state index contributed by atoms with van der Waals surface area (Å²) >= 11 is 0. The fourth-order valence-electron chi connectivity index (χ4n) is 2.53. The maximum Gasteiger partial charge on any atom is 0.326 e. The van der Waals surface area contributed by atoms with Crippen molar-refractivity contribution in [1.29, 1.82) is 0 Å². The molecule has 0 aromatic carbocycles. The highest BCUT2D eigenvalue weighted by Gasteiger charge is 2.32. The summed E-state index contributed by atoms with van der Waals surface area (Å²) in [6, 6.07) is -0.771. The maximum absolute atomic E-state index is 11.8. The highest BCUT2D eigenvalue weighted by molar-refractivity contribution is 5.84. The first-order chi connectivity index (χ1) is 7.84. The van der Waals surface area contributed by atoms with Crippen LogP contribution in [-0.2, 0) is 9.59 Å². The molecule has 1 saturated carbocycles. The van der Waals surface area contributed by atoms with E-state index in [0.29, 0.717) is 6.42 Å². The minimum absolute atomic E-state index is 0.0735. The van der Waals surface area contributed by atoms with Gasteiger partial charge < -0.3 is 10.4 Å². The Kier molecular flexibility index (Phi) is 4.54. The second kappa shape index (κ2) is 5.52. The molecule has 1 fully saturated rings. The van der Waals surface area contributed by atoms with Crippen molar-refractivity contribution < 1.29 is 14.7 Å². The number of carboxylic acid groups (broad SMARTS) is 1. The summed E-state index contributed by atoms with van der Waals surface area (Å²) in [6.45, 7) is 5.72. The van der Waals surface area contributed by atoms with Crippen LogP contribution < -0.4 is 5.32 Å². The van der Waals surface area contributed by atoms with E-state index in [9.17, 15) is 9.59 Å². The molecule has 1 aliphatic rings. The van der Waals surface area contributed by atoms with Crippen LogP contribution in [-0.4, -0.2) is 23.0 Å². The molecule has 4 nitrogen and oxygen atoms in total. The van der Waals surface area contributed by atoms with E-state index in [1.807, 2.05) is 0 Å². The summed E-state index contributed by atoms with van der Waals surface area (Å²) < 4.78 is 0. The fourth-order valence-corrected chi connectivity index (χ4v) is 2.53. The lowest BCUT2D eigenvalue weighted by Crippen LogP contribution is -2.45. The summed E-state index contributed by atoms with van der Waals surface area (Å²) in [5.41, 5.74) is 0.0735. The first-order valence-corrected chi connectivity index (χ1v) is 6.36. The van der Waals surface area contributed by atoms with Crippen molar-refractivity contribution in [2.75, 3.05) is 0 Å². The number of nitrogens with one attached hydrogen (secondary N) is 1. The monoisotopic (exact) mass is 241 g/mol. The molecule has 0 aliphatic heterocycles. The van der Waals surface area contributed by atoms with Gasteiger partial charge in [0.1, 0.15) is 6.04 Å². The number of carbonyl (C=O) groups is 2. The second-order valence-corrected chi connectivity index (χ2v) is 5.82. The number of hydrogen-bond acceptors (Lipinski definition) is 2. The van der Waals surface area contributed by atoms with E-state index in [0.717, 1.165) is 12.8 Å². The zero-order chi connectivity index (χ0) is 13.1. The molecule has 0 heterocycles. The first-order valence-electron chi connectivity index (χ1n) is 6.36. The predicted octanol–water partition coefficient (Wildman–Crippen LogP) is 2.18. The van der Waals surface area contributed by atoms with Crippen LogP contribution in [0.4, 0.5) is 0 Å². The quantitative estimate of drug-likeness (QED) is 0.775. The van der Waals surface area contributed by atoms with Gasteiger partial charge in [-0.25, -0.2) is 4.79 Å². The molecule has 1 aliphatic carbocycles. The predicted molar refractivity (Wildman–Crippen MR) is 65.6 cm³/mol. The van der Waals surface area contributed by atoms with Gasteiger partial charge in [-0.3, -0.25) is 4.79 Å². The van der Waals surface area contributed by atoms with E-state index in [4.69, 9.17) is 5.11 Å². The Morgan fingerprint density at radius 1 is 1.29 bits per heavy atom. The lowest BCUT2D eigenvalue weighted by atomic mass is 9.84. The molecule has 2 N–H and O–H groups in total. The number of carbonyl (C=O) groups excluding carboxylic acids is 1. The Morgan fingerprint density at radius 3 is 2.24 bits per heavy atom. The van der Waals surface area contributed by atoms with Crippen molar-refractivity contribution in [1.82, 2.24) is 5.32 Å². The third-order valence-electron chi connectivity index (χ3n) is 3.65. The summed E-state index contributed by atoms with van der Waals surface area (Å²) in [5, 5.41) is 11.6. The van der Waals surface area contributed by atoms with Crippen molar-refractivity contribution in [2.45, 2.75) is 58.9 Å².